The van der Waals surface area contributed by atoms with E-state index in [2.05, 4.69) is 16.0 Å². The van der Waals surface area contributed by atoms with E-state index in [9.17, 15) is 9.59 Å². The summed E-state index contributed by atoms with van der Waals surface area (Å²) in [5.41, 5.74) is 0.556. The summed E-state index contributed by atoms with van der Waals surface area (Å²) in [6.45, 7) is 0. The van der Waals surface area contributed by atoms with E-state index in [-0.39, 0.29) is 30.3 Å². The average Bonchev–Trinajstić information content (AvgIpc) is 2.62. The van der Waals surface area contributed by atoms with Crippen LogP contribution in [0.3, 0.4) is 0 Å². The Morgan fingerprint density at radius 2 is 1.96 bits per heavy atom. The Hall–Kier alpha value is -2.28. The normalized spacial score (nSPS) is 25.5. The lowest BCUT2D eigenvalue weighted by molar-refractivity contribution is -0.129. The van der Waals surface area contributed by atoms with Gasteiger partial charge in [-0.25, -0.2) is 0 Å². The highest BCUT2D eigenvalue weighted by Crippen LogP contribution is 2.29. The molecule has 3 N–H and O–H groups in total. The highest BCUT2D eigenvalue weighted by atomic mass is 16.5. The molecule has 1 aliphatic heterocycles. The molecule has 0 bridgehead atoms. The SMILES string of the molecule is COc1ccc(NC(=O)CC2NC3CCCCC3NC2=O)c(OC)c1. The Morgan fingerprint density at radius 3 is 2.68 bits per heavy atom. The van der Waals surface area contributed by atoms with Gasteiger partial charge in [0.2, 0.25) is 11.8 Å². The number of carbonyl (C=O) groups excluding carboxylic acids is 2. The van der Waals surface area contributed by atoms with Gasteiger partial charge in [0.1, 0.15) is 11.5 Å². The molecule has 3 rings (SSSR count). The zero-order valence-corrected chi connectivity index (χ0v) is 14.6. The molecular weight excluding hydrogens is 322 g/mol. The number of benzene rings is 1. The molecule has 1 aromatic carbocycles. The van der Waals surface area contributed by atoms with E-state index >= 15 is 0 Å². The van der Waals surface area contributed by atoms with E-state index in [0.717, 1.165) is 25.7 Å². The Balaban J connectivity index is 1.61. The fourth-order valence-electron chi connectivity index (χ4n) is 3.56. The molecule has 0 radical (unpaired) electrons. The molecule has 1 heterocycles. The van der Waals surface area contributed by atoms with Crippen molar-refractivity contribution in [1.29, 1.82) is 0 Å². The molecule has 0 spiro atoms. The molecule has 2 fully saturated rings. The van der Waals surface area contributed by atoms with Crippen LogP contribution >= 0.6 is 0 Å². The lowest BCUT2D eigenvalue weighted by atomic mass is 9.87. The quantitative estimate of drug-likeness (QED) is 0.750. The lowest BCUT2D eigenvalue weighted by Crippen LogP contribution is -2.65. The molecule has 1 aliphatic carbocycles. The highest BCUT2D eigenvalue weighted by Gasteiger charge is 2.37. The Bertz CT molecular complexity index is 649. The molecule has 2 aliphatic rings. The van der Waals surface area contributed by atoms with E-state index < -0.39 is 6.04 Å². The number of fused-ring (bicyclic) bond motifs is 1. The van der Waals surface area contributed by atoms with Crippen molar-refractivity contribution >= 4 is 17.5 Å². The molecule has 7 nitrogen and oxygen atoms in total. The topological polar surface area (TPSA) is 88.7 Å². The predicted octanol–water partition coefficient (Wildman–Crippen LogP) is 1.43. The lowest BCUT2D eigenvalue weighted by Gasteiger charge is -2.40. The number of nitrogens with one attached hydrogen (secondary N) is 3. The minimum absolute atomic E-state index is 0.0875. The number of hydrogen-bond acceptors (Lipinski definition) is 5. The van der Waals surface area contributed by atoms with Crippen LogP contribution in [0.1, 0.15) is 32.1 Å². The van der Waals surface area contributed by atoms with Crippen LogP contribution in [0.5, 0.6) is 11.5 Å². The summed E-state index contributed by atoms with van der Waals surface area (Å²) in [7, 11) is 3.10. The molecule has 25 heavy (non-hydrogen) atoms. The van der Waals surface area contributed by atoms with Crippen molar-refractivity contribution in [2.24, 2.45) is 0 Å². The Morgan fingerprint density at radius 1 is 1.20 bits per heavy atom. The van der Waals surface area contributed by atoms with Crippen molar-refractivity contribution in [3.63, 3.8) is 0 Å². The first-order chi connectivity index (χ1) is 12.1. The van der Waals surface area contributed by atoms with Crippen LogP contribution in [-0.4, -0.2) is 44.2 Å². The largest absolute Gasteiger partial charge is 0.497 e. The first kappa shape index (κ1) is 17.5. The number of ether oxygens (including phenoxy) is 2. The second kappa shape index (κ2) is 7.74. The fourth-order valence-corrected chi connectivity index (χ4v) is 3.56. The van der Waals surface area contributed by atoms with Gasteiger partial charge in [0.15, 0.2) is 0 Å². The summed E-state index contributed by atoms with van der Waals surface area (Å²) < 4.78 is 10.4. The summed E-state index contributed by atoms with van der Waals surface area (Å²) in [5, 5.41) is 9.21. The first-order valence-electron chi connectivity index (χ1n) is 8.69. The number of piperazine rings is 1. The zero-order valence-electron chi connectivity index (χ0n) is 14.6. The maximum absolute atomic E-state index is 12.4. The van der Waals surface area contributed by atoms with E-state index in [0.29, 0.717) is 17.2 Å². The highest BCUT2D eigenvalue weighted by molar-refractivity contribution is 5.96. The summed E-state index contributed by atoms with van der Waals surface area (Å²) in [4.78, 5) is 24.6. The van der Waals surface area contributed by atoms with Gasteiger partial charge in [-0.15, -0.1) is 0 Å². The van der Waals surface area contributed by atoms with Crippen molar-refractivity contribution in [2.75, 3.05) is 19.5 Å². The molecule has 3 atom stereocenters. The van der Waals surface area contributed by atoms with Crippen LogP contribution < -0.4 is 25.4 Å². The average molecular weight is 347 g/mol. The summed E-state index contributed by atoms with van der Waals surface area (Å²) in [5.74, 6) is 0.831. The summed E-state index contributed by atoms with van der Waals surface area (Å²) in [6, 6.07) is 5.14. The van der Waals surface area contributed by atoms with Crippen LogP contribution in [0.2, 0.25) is 0 Å². The van der Waals surface area contributed by atoms with Crippen molar-refractivity contribution in [1.82, 2.24) is 10.6 Å². The molecule has 136 valence electrons. The molecule has 1 aromatic rings. The molecule has 7 heteroatoms. The van der Waals surface area contributed by atoms with Gasteiger partial charge < -0.3 is 25.4 Å². The number of hydrogen-bond donors (Lipinski definition) is 3. The molecular formula is C18H25N3O4. The minimum atomic E-state index is -0.497. The predicted molar refractivity (Wildman–Crippen MR) is 93.9 cm³/mol. The van der Waals surface area contributed by atoms with E-state index in [1.807, 2.05) is 0 Å². The standard InChI is InChI=1S/C18H25N3O4/c1-24-11-7-8-14(16(9-11)25-2)20-17(22)10-15-18(23)21-13-6-4-3-5-12(13)19-15/h7-9,12-13,15,19H,3-6,10H2,1-2H3,(H,20,22)(H,21,23). The maximum Gasteiger partial charge on any atom is 0.237 e. The van der Waals surface area contributed by atoms with Gasteiger partial charge in [0, 0.05) is 18.2 Å². The number of amides is 2. The third kappa shape index (κ3) is 4.04. The van der Waals surface area contributed by atoms with Gasteiger partial charge in [-0.05, 0) is 25.0 Å². The van der Waals surface area contributed by atoms with Gasteiger partial charge in [0.25, 0.3) is 0 Å². The van der Waals surface area contributed by atoms with Gasteiger partial charge in [-0.3, -0.25) is 9.59 Å². The Labute approximate surface area is 147 Å². The fraction of sp³-hybridized carbons (Fsp3) is 0.556. The van der Waals surface area contributed by atoms with E-state index in [4.69, 9.17) is 9.47 Å². The number of rotatable bonds is 5. The summed E-state index contributed by atoms with van der Waals surface area (Å²) in [6.07, 6.45) is 4.43. The molecule has 2 amide bonds. The van der Waals surface area contributed by atoms with Gasteiger partial charge in [-0.1, -0.05) is 12.8 Å². The maximum atomic E-state index is 12.4. The number of methoxy groups -OCH3 is 2. The number of carbonyl (C=O) groups is 2. The Kier molecular flexibility index (Phi) is 5.43. The zero-order chi connectivity index (χ0) is 17.8. The van der Waals surface area contributed by atoms with Crippen LogP contribution in [0, 0.1) is 0 Å². The van der Waals surface area contributed by atoms with Crippen LogP contribution in [0.4, 0.5) is 5.69 Å². The van der Waals surface area contributed by atoms with Crippen LogP contribution in [0.25, 0.3) is 0 Å². The minimum Gasteiger partial charge on any atom is -0.497 e. The van der Waals surface area contributed by atoms with Gasteiger partial charge in [-0.2, -0.15) is 0 Å². The monoisotopic (exact) mass is 347 g/mol. The molecule has 1 saturated heterocycles. The first-order valence-corrected chi connectivity index (χ1v) is 8.69. The van der Waals surface area contributed by atoms with Crippen molar-refractivity contribution in [3.05, 3.63) is 18.2 Å². The second-order valence-electron chi connectivity index (χ2n) is 6.54. The van der Waals surface area contributed by atoms with Gasteiger partial charge >= 0.3 is 0 Å². The van der Waals surface area contributed by atoms with Crippen LogP contribution in [0.15, 0.2) is 18.2 Å². The van der Waals surface area contributed by atoms with Crippen molar-refractivity contribution in [3.8, 4) is 11.5 Å². The smallest absolute Gasteiger partial charge is 0.237 e. The molecule has 3 unspecified atom stereocenters. The molecule has 1 saturated carbocycles. The van der Waals surface area contributed by atoms with Crippen LogP contribution in [-0.2, 0) is 9.59 Å². The van der Waals surface area contributed by atoms with Crippen molar-refractivity contribution < 1.29 is 19.1 Å². The van der Waals surface area contributed by atoms with Gasteiger partial charge in [0.05, 0.1) is 32.4 Å². The van der Waals surface area contributed by atoms with E-state index in [1.54, 1.807) is 25.3 Å². The third-order valence-electron chi connectivity index (χ3n) is 4.90. The van der Waals surface area contributed by atoms with Crippen molar-refractivity contribution in [2.45, 2.75) is 50.2 Å². The van der Waals surface area contributed by atoms with E-state index in [1.165, 1.54) is 7.11 Å². The molecule has 0 aromatic heterocycles. The third-order valence-corrected chi connectivity index (χ3v) is 4.90. The number of anilines is 1. The summed E-state index contributed by atoms with van der Waals surface area (Å²) >= 11 is 0. The second-order valence-corrected chi connectivity index (χ2v) is 6.54.